The zero-order valence-electron chi connectivity index (χ0n) is 12.3. The van der Waals surface area contributed by atoms with Crippen LogP contribution in [0.15, 0.2) is 24.3 Å². The van der Waals surface area contributed by atoms with Crippen molar-refractivity contribution in [2.45, 2.75) is 50.7 Å². The highest BCUT2D eigenvalue weighted by atomic mass is 19.1. The molecule has 2 bridgehead atoms. The Bertz CT molecular complexity index is 436. The van der Waals surface area contributed by atoms with E-state index in [1.165, 1.54) is 32.1 Å². The summed E-state index contributed by atoms with van der Waals surface area (Å²) in [6, 6.07) is 8.65. The Balaban J connectivity index is 1.45. The number of halogens is 1. The van der Waals surface area contributed by atoms with E-state index in [-0.39, 0.29) is 5.82 Å². The maximum absolute atomic E-state index is 13.6. The van der Waals surface area contributed by atoms with Crippen LogP contribution in [0.4, 0.5) is 4.39 Å². The van der Waals surface area contributed by atoms with Crippen molar-refractivity contribution in [1.29, 1.82) is 0 Å². The molecule has 0 spiro atoms. The molecule has 2 aliphatic heterocycles. The van der Waals surface area contributed by atoms with Gasteiger partial charge in [-0.05, 0) is 57.7 Å². The van der Waals surface area contributed by atoms with Crippen molar-refractivity contribution in [2.75, 3.05) is 13.6 Å². The van der Waals surface area contributed by atoms with E-state index in [2.05, 4.69) is 17.3 Å². The lowest BCUT2D eigenvalue weighted by atomic mass is 9.89. The van der Waals surface area contributed by atoms with Crippen LogP contribution in [0, 0.1) is 11.7 Å². The second-order valence-electron chi connectivity index (χ2n) is 6.59. The van der Waals surface area contributed by atoms with Gasteiger partial charge in [0.15, 0.2) is 0 Å². The monoisotopic (exact) mass is 276 g/mol. The summed E-state index contributed by atoms with van der Waals surface area (Å²) in [7, 11) is 2.10. The molecule has 3 rings (SSSR count). The van der Waals surface area contributed by atoms with Crippen LogP contribution in [0.2, 0.25) is 0 Å². The first-order valence-electron chi connectivity index (χ1n) is 7.88. The van der Waals surface area contributed by atoms with E-state index in [4.69, 9.17) is 0 Å². The molecule has 2 fully saturated rings. The molecule has 2 saturated heterocycles. The average Bonchev–Trinajstić information content (AvgIpc) is 2.78. The van der Waals surface area contributed by atoms with Crippen LogP contribution in [0.3, 0.4) is 0 Å². The van der Waals surface area contributed by atoms with Crippen molar-refractivity contribution < 1.29 is 4.39 Å². The number of piperidine rings is 1. The number of nitrogens with one attached hydrogen (secondary N) is 1. The van der Waals surface area contributed by atoms with E-state index in [0.29, 0.717) is 6.54 Å². The fourth-order valence-electron chi connectivity index (χ4n) is 3.81. The number of fused-ring (bicyclic) bond motifs is 2. The Morgan fingerprint density at radius 3 is 2.60 bits per heavy atom. The second kappa shape index (κ2) is 6.23. The Kier molecular flexibility index (Phi) is 4.37. The van der Waals surface area contributed by atoms with Crippen molar-refractivity contribution in [3.63, 3.8) is 0 Å². The van der Waals surface area contributed by atoms with Crippen LogP contribution in [-0.4, -0.2) is 30.6 Å². The highest BCUT2D eigenvalue weighted by Crippen LogP contribution is 2.32. The summed E-state index contributed by atoms with van der Waals surface area (Å²) in [5.41, 5.74) is 0.806. The minimum atomic E-state index is -0.0840. The summed E-state index contributed by atoms with van der Waals surface area (Å²) in [5, 5.41) is 3.69. The maximum atomic E-state index is 13.6. The molecule has 20 heavy (non-hydrogen) atoms. The van der Waals surface area contributed by atoms with Gasteiger partial charge in [0.2, 0.25) is 0 Å². The van der Waals surface area contributed by atoms with Gasteiger partial charge in [0.1, 0.15) is 5.82 Å². The van der Waals surface area contributed by atoms with Gasteiger partial charge in [-0.1, -0.05) is 18.2 Å². The minimum Gasteiger partial charge on any atom is -0.311 e. The van der Waals surface area contributed by atoms with Crippen molar-refractivity contribution in [3.05, 3.63) is 35.6 Å². The minimum absolute atomic E-state index is 0.0840. The molecule has 110 valence electrons. The van der Waals surface area contributed by atoms with Gasteiger partial charge >= 0.3 is 0 Å². The maximum Gasteiger partial charge on any atom is 0.127 e. The van der Waals surface area contributed by atoms with Gasteiger partial charge < -0.3 is 10.2 Å². The average molecular weight is 276 g/mol. The molecule has 0 radical (unpaired) electrons. The molecule has 2 unspecified atom stereocenters. The molecule has 1 aromatic rings. The quantitative estimate of drug-likeness (QED) is 0.888. The van der Waals surface area contributed by atoms with Gasteiger partial charge in [0, 0.05) is 24.2 Å². The van der Waals surface area contributed by atoms with Gasteiger partial charge in [0.25, 0.3) is 0 Å². The third-order valence-electron chi connectivity index (χ3n) is 4.89. The summed E-state index contributed by atoms with van der Waals surface area (Å²) >= 11 is 0. The van der Waals surface area contributed by atoms with E-state index >= 15 is 0 Å². The molecule has 2 atom stereocenters. The predicted molar refractivity (Wildman–Crippen MR) is 80.0 cm³/mol. The molecule has 2 heterocycles. The van der Waals surface area contributed by atoms with Crippen LogP contribution >= 0.6 is 0 Å². The molecular weight excluding hydrogens is 251 g/mol. The summed E-state index contributed by atoms with van der Waals surface area (Å²) < 4.78 is 13.6. The Morgan fingerprint density at radius 2 is 1.90 bits per heavy atom. The molecule has 2 aliphatic rings. The first kappa shape index (κ1) is 14.0. The topological polar surface area (TPSA) is 15.3 Å². The summed E-state index contributed by atoms with van der Waals surface area (Å²) in [5.74, 6) is 0.774. The zero-order valence-corrected chi connectivity index (χ0v) is 12.3. The molecule has 0 aromatic heterocycles. The molecule has 2 nitrogen and oxygen atoms in total. The van der Waals surface area contributed by atoms with E-state index in [0.717, 1.165) is 30.1 Å². The van der Waals surface area contributed by atoms with E-state index in [9.17, 15) is 4.39 Å². The molecule has 0 aliphatic carbocycles. The highest BCUT2D eigenvalue weighted by Gasteiger charge is 2.33. The van der Waals surface area contributed by atoms with E-state index < -0.39 is 0 Å². The molecule has 3 heteroatoms. The number of nitrogens with zero attached hydrogens (tertiary/aromatic N) is 1. The SMILES string of the molecule is CN(CCC1CC2CCC(C1)N2)Cc1ccccc1F. The first-order valence-corrected chi connectivity index (χ1v) is 7.88. The smallest absolute Gasteiger partial charge is 0.127 e. The largest absolute Gasteiger partial charge is 0.311 e. The number of benzene rings is 1. The Labute approximate surface area is 121 Å². The van der Waals surface area contributed by atoms with Crippen molar-refractivity contribution in [1.82, 2.24) is 10.2 Å². The fraction of sp³-hybridized carbons (Fsp3) is 0.647. The third kappa shape index (κ3) is 3.39. The summed E-state index contributed by atoms with van der Waals surface area (Å²) in [6.07, 6.45) is 6.66. The Hall–Kier alpha value is -0.930. The molecule has 0 amide bonds. The fourth-order valence-corrected chi connectivity index (χ4v) is 3.81. The zero-order chi connectivity index (χ0) is 13.9. The molecule has 0 saturated carbocycles. The molecule has 1 aromatic carbocycles. The lowest BCUT2D eigenvalue weighted by Crippen LogP contribution is -2.38. The van der Waals surface area contributed by atoms with E-state index in [1.807, 2.05) is 12.1 Å². The number of hydrogen-bond acceptors (Lipinski definition) is 2. The summed E-state index contributed by atoms with van der Waals surface area (Å²) in [4.78, 5) is 2.25. The number of rotatable bonds is 5. The third-order valence-corrected chi connectivity index (χ3v) is 4.89. The van der Waals surface area contributed by atoms with Crippen molar-refractivity contribution in [2.24, 2.45) is 5.92 Å². The predicted octanol–water partition coefficient (Wildman–Crippen LogP) is 3.18. The molecule has 1 N–H and O–H groups in total. The van der Waals surface area contributed by atoms with Gasteiger partial charge in [-0.15, -0.1) is 0 Å². The first-order chi connectivity index (χ1) is 9.70. The lowest BCUT2D eigenvalue weighted by Gasteiger charge is -2.30. The van der Waals surface area contributed by atoms with Crippen LogP contribution in [-0.2, 0) is 6.54 Å². The van der Waals surface area contributed by atoms with E-state index in [1.54, 1.807) is 12.1 Å². The van der Waals surface area contributed by atoms with Crippen LogP contribution < -0.4 is 5.32 Å². The van der Waals surface area contributed by atoms with Crippen molar-refractivity contribution in [3.8, 4) is 0 Å². The van der Waals surface area contributed by atoms with Gasteiger partial charge in [-0.25, -0.2) is 4.39 Å². The number of hydrogen-bond donors (Lipinski definition) is 1. The van der Waals surface area contributed by atoms with Crippen molar-refractivity contribution >= 4 is 0 Å². The summed E-state index contributed by atoms with van der Waals surface area (Å²) in [6.45, 7) is 1.78. The standard InChI is InChI=1S/C17H25FN2/c1-20(12-14-4-2-3-5-17(14)18)9-8-13-10-15-6-7-16(11-13)19-15/h2-5,13,15-16,19H,6-12H2,1H3. The second-order valence-corrected chi connectivity index (χ2v) is 6.59. The van der Waals surface area contributed by atoms with Gasteiger partial charge in [0.05, 0.1) is 0 Å². The van der Waals surface area contributed by atoms with Crippen LogP contribution in [0.1, 0.15) is 37.7 Å². The molecular formula is C17H25FN2. The highest BCUT2D eigenvalue weighted by molar-refractivity contribution is 5.16. The van der Waals surface area contributed by atoms with Crippen LogP contribution in [0.5, 0.6) is 0 Å². The van der Waals surface area contributed by atoms with Crippen LogP contribution in [0.25, 0.3) is 0 Å². The lowest BCUT2D eigenvalue weighted by molar-refractivity contribution is 0.237. The Morgan fingerprint density at radius 1 is 1.20 bits per heavy atom. The normalized spacial score (nSPS) is 29.1. The van der Waals surface area contributed by atoms with Gasteiger partial charge in [-0.2, -0.15) is 0 Å². The van der Waals surface area contributed by atoms with Gasteiger partial charge in [-0.3, -0.25) is 0 Å².